The number of fused-ring (bicyclic) bond motifs is 1. The normalized spacial score (nSPS) is 17.8. The lowest BCUT2D eigenvalue weighted by molar-refractivity contribution is 0.769. The summed E-state index contributed by atoms with van der Waals surface area (Å²) in [6.45, 7) is 0. The van der Waals surface area contributed by atoms with E-state index < -0.39 is 0 Å². The predicted molar refractivity (Wildman–Crippen MR) is 73.2 cm³/mol. The van der Waals surface area contributed by atoms with Crippen molar-refractivity contribution >= 4 is 21.7 Å². The van der Waals surface area contributed by atoms with Gasteiger partial charge in [-0.25, -0.2) is 4.98 Å². The zero-order chi connectivity index (χ0) is 11.7. The second-order valence-corrected chi connectivity index (χ2v) is 5.29. The Morgan fingerprint density at radius 2 is 2.00 bits per heavy atom. The third-order valence-corrected chi connectivity index (χ3v) is 3.61. The highest BCUT2D eigenvalue weighted by molar-refractivity contribution is 9.10. The van der Waals surface area contributed by atoms with Crippen molar-refractivity contribution in [2.24, 2.45) is 0 Å². The molecule has 17 heavy (non-hydrogen) atoms. The Kier molecular flexibility index (Phi) is 2.85. The van der Waals surface area contributed by atoms with Gasteiger partial charge >= 0.3 is 0 Å². The molecule has 1 unspecified atom stereocenters. The molecule has 1 aliphatic rings. The number of nitrogens with zero attached hydrogens (tertiary/aromatic N) is 1. The molecule has 1 aromatic carbocycles. The predicted octanol–water partition coefficient (Wildman–Crippen LogP) is 3.42. The van der Waals surface area contributed by atoms with Gasteiger partial charge in [-0.2, -0.15) is 0 Å². The van der Waals surface area contributed by atoms with Crippen molar-refractivity contribution in [1.29, 1.82) is 0 Å². The maximum atomic E-state index is 4.30. The summed E-state index contributed by atoms with van der Waals surface area (Å²) < 4.78 is 1.16. The topological polar surface area (TPSA) is 24.9 Å². The van der Waals surface area contributed by atoms with Crippen LogP contribution in [0, 0.1) is 0 Å². The largest absolute Gasteiger partial charge is 0.367 e. The Labute approximate surface area is 109 Å². The molecule has 0 amide bonds. The second-order valence-electron chi connectivity index (χ2n) is 4.38. The fraction of sp³-hybridized carbons (Fsp3) is 0.214. The van der Waals surface area contributed by atoms with Crippen molar-refractivity contribution in [2.45, 2.75) is 18.9 Å². The lowest BCUT2D eigenvalue weighted by Crippen LogP contribution is -2.19. The van der Waals surface area contributed by atoms with Gasteiger partial charge in [-0.1, -0.05) is 28.1 Å². The number of hydrogen-bond donors (Lipinski definition) is 1. The fourth-order valence-corrected chi connectivity index (χ4v) is 2.75. The Hall–Kier alpha value is -1.35. The number of rotatable bonds is 2. The summed E-state index contributed by atoms with van der Waals surface area (Å²) in [6, 6.07) is 13.0. The van der Waals surface area contributed by atoms with Crippen LogP contribution in [0.4, 0.5) is 5.82 Å². The lowest BCUT2D eigenvalue weighted by atomic mass is 10.1. The molecule has 0 aliphatic heterocycles. The van der Waals surface area contributed by atoms with Crippen LogP contribution < -0.4 is 5.32 Å². The Morgan fingerprint density at radius 1 is 1.12 bits per heavy atom. The van der Waals surface area contributed by atoms with Gasteiger partial charge in [-0.3, -0.25) is 0 Å². The number of hydrogen-bond acceptors (Lipinski definition) is 2. The maximum Gasteiger partial charge on any atom is 0.126 e. The van der Waals surface area contributed by atoms with E-state index in [1.54, 1.807) is 0 Å². The van der Waals surface area contributed by atoms with Gasteiger partial charge in [0.25, 0.3) is 0 Å². The van der Waals surface area contributed by atoms with Gasteiger partial charge in [0, 0.05) is 16.7 Å². The standard InChI is InChI=1S/C14H13BrN2/c15-12-5-4-10-8-13(9-11(10)7-12)17-14-3-1-2-6-16-14/h1-7,13H,8-9H2,(H,16,17). The molecule has 2 aromatic rings. The van der Waals surface area contributed by atoms with Crippen molar-refractivity contribution in [2.75, 3.05) is 5.32 Å². The maximum absolute atomic E-state index is 4.30. The molecule has 0 radical (unpaired) electrons. The molecular formula is C14H13BrN2. The highest BCUT2D eigenvalue weighted by Gasteiger charge is 2.21. The summed E-state index contributed by atoms with van der Waals surface area (Å²) in [6.07, 6.45) is 3.98. The van der Waals surface area contributed by atoms with Crippen LogP contribution in [-0.2, 0) is 12.8 Å². The smallest absolute Gasteiger partial charge is 0.126 e. The number of anilines is 1. The summed E-state index contributed by atoms with van der Waals surface area (Å²) in [5, 5.41) is 3.48. The molecule has 1 heterocycles. The summed E-state index contributed by atoms with van der Waals surface area (Å²) in [7, 11) is 0. The van der Waals surface area contributed by atoms with Crippen LogP contribution >= 0.6 is 15.9 Å². The number of benzene rings is 1. The first-order valence-corrected chi connectivity index (χ1v) is 6.55. The van der Waals surface area contributed by atoms with Gasteiger partial charge in [0.1, 0.15) is 5.82 Å². The molecule has 1 N–H and O–H groups in total. The Morgan fingerprint density at radius 3 is 2.82 bits per heavy atom. The molecule has 0 bridgehead atoms. The van der Waals surface area contributed by atoms with E-state index in [2.05, 4.69) is 44.4 Å². The van der Waals surface area contributed by atoms with E-state index >= 15 is 0 Å². The Bertz CT molecular complexity index is 525. The van der Waals surface area contributed by atoms with Gasteiger partial charge < -0.3 is 5.32 Å². The fourth-order valence-electron chi connectivity index (χ4n) is 2.35. The van der Waals surface area contributed by atoms with E-state index in [0.717, 1.165) is 23.1 Å². The molecule has 2 nitrogen and oxygen atoms in total. The van der Waals surface area contributed by atoms with E-state index in [0.29, 0.717) is 6.04 Å². The molecule has 0 saturated heterocycles. The van der Waals surface area contributed by atoms with Crippen molar-refractivity contribution in [1.82, 2.24) is 4.98 Å². The van der Waals surface area contributed by atoms with Crippen molar-refractivity contribution in [3.05, 3.63) is 58.2 Å². The van der Waals surface area contributed by atoms with E-state index in [4.69, 9.17) is 0 Å². The van der Waals surface area contributed by atoms with Crippen LogP contribution in [0.3, 0.4) is 0 Å². The SMILES string of the molecule is Brc1ccc2c(c1)CC(Nc1ccccn1)C2. The van der Waals surface area contributed by atoms with Gasteiger partial charge in [-0.15, -0.1) is 0 Å². The zero-order valence-electron chi connectivity index (χ0n) is 9.36. The quantitative estimate of drug-likeness (QED) is 0.916. The van der Waals surface area contributed by atoms with Crippen LogP contribution in [0.15, 0.2) is 47.1 Å². The molecule has 0 fully saturated rings. The number of pyridine rings is 1. The average Bonchev–Trinajstić information content (AvgIpc) is 2.71. The Balaban J connectivity index is 1.74. The van der Waals surface area contributed by atoms with Gasteiger partial charge in [0.2, 0.25) is 0 Å². The first kappa shape index (κ1) is 10.8. The highest BCUT2D eigenvalue weighted by Crippen LogP contribution is 2.26. The number of halogens is 1. The van der Waals surface area contributed by atoms with Gasteiger partial charge in [0.15, 0.2) is 0 Å². The summed E-state index contributed by atoms with van der Waals surface area (Å²) >= 11 is 3.52. The van der Waals surface area contributed by atoms with E-state index in [1.165, 1.54) is 11.1 Å². The van der Waals surface area contributed by atoms with Crippen LogP contribution in [0.25, 0.3) is 0 Å². The molecule has 3 rings (SSSR count). The summed E-state index contributed by atoms with van der Waals surface area (Å²) in [5.41, 5.74) is 2.88. The molecule has 0 saturated carbocycles. The minimum atomic E-state index is 0.467. The lowest BCUT2D eigenvalue weighted by Gasteiger charge is -2.11. The van der Waals surface area contributed by atoms with Crippen LogP contribution in [0.1, 0.15) is 11.1 Å². The number of aromatic nitrogens is 1. The van der Waals surface area contributed by atoms with Crippen LogP contribution in [0.2, 0.25) is 0 Å². The highest BCUT2D eigenvalue weighted by atomic mass is 79.9. The second kappa shape index (κ2) is 4.49. The minimum absolute atomic E-state index is 0.467. The van der Waals surface area contributed by atoms with Gasteiger partial charge in [-0.05, 0) is 48.2 Å². The molecule has 1 atom stereocenters. The van der Waals surface area contributed by atoms with Crippen molar-refractivity contribution < 1.29 is 0 Å². The number of nitrogens with one attached hydrogen (secondary N) is 1. The third-order valence-electron chi connectivity index (χ3n) is 3.12. The summed E-state index contributed by atoms with van der Waals surface area (Å²) in [5.74, 6) is 0.962. The first-order chi connectivity index (χ1) is 8.31. The molecular weight excluding hydrogens is 276 g/mol. The first-order valence-electron chi connectivity index (χ1n) is 5.76. The van der Waals surface area contributed by atoms with Crippen molar-refractivity contribution in [3.63, 3.8) is 0 Å². The molecule has 1 aromatic heterocycles. The van der Waals surface area contributed by atoms with E-state index in [1.807, 2.05) is 24.4 Å². The zero-order valence-corrected chi connectivity index (χ0v) is 10.9. The molecule has 86 valence electrons. The monoisotopic (exact) mass is 288 g/mol. The average molecular weight is 289 g/mol. The van der Waals surface area contributed by atoms with Gasteiger partial charge in [0.05, 0.1) is 0 Å². The van der Waals surface area contributed by atoms with Crippen LogP contribution in [-0.4, -0.2) is 11.0 Å². The third kappa shape index (κ3) is 2.34. The molecule has 1 aliphatic carbocycles. The molecule has 0 spiro atoms. The van der Waals surface area contributed by atoms with E-state index in [-0.39, 0.29) is 0 Å². The van der Waals surface area contributed by atoms with Crippen molar-refractivity contribution in [3.8, 4) is 0 Å². The molecule has 3 heteroatoms. The minimum Gasteiger partial charge on any atom is -0.367 e. The summed E-state index contributed by atoms with van der Waals surface area (Å²) in [4.78, 5) is 4.30. The van der Waals surface area contributed by atoms with E-state index in [9.17, 15) is 0 Å². The van der Waals surface area contributed by atoms with Crippen LogP contribution in [0.5, 0.6) is 0 Å².